The molecule has 6 heteroatoms. The van der Waals surface area contributed by atoms with Crippen molar-refractivity contribution in [3.05, 3.63) is 75.3 Å². The maximum Gasteiger partial charge on any atom is 0.263 e. The topological polar surface area (TPSA) is 73.8 Å². The maximum absolute atomic E-state index is 13.2. The molecule has 0 fully saturated rings. The fourth-order valence-electron chi connectivity index (χ4n) is 4.09. The van der Waals surface area contributed by atoms with Gasteiger partial charge in [0.15, 0.2) is 5.65 Å². The first-order chi connectivity index (χ1) is 14.5. The minimum absolute atomic E-state index is 0.0900. The van der Waals surface area contributed by atoms with E-state index in [-0.39, 0.29) is 5.56 Å². The van der Waals surface area contributed by atoms with Crippen LogP contribution in [-0.4, -0.2) is 19.5 Å². The van der Waals surface area contributed by atoms with Crippen LogP contribution in [0.25, 0.3) is 22.5 Å². The van der Waals surface area contributed by atoms with Gasteiger partial charge in [0.25, 0.3) is 5.56 Å². The van der Waals surface area contributed by atoms with Crippen molar-refractivity contribution in [3.63, 3.8) is 0 Å². The summed E-state index contributed by atoms with van der Waals surface area (Å²) in [6.07, 6.45) is 4.62. The van der Waals surface area contributed by atoms with Crippen LogP contribution in [0.4, 0.5) is 0 Å². The predicted molar refractivity (Wildman–Crippen MR) is 116 cm³/mol. The molecule has 3 heterocycles. The molecule has 1 aliphatic rings. The van der Waals surface area contributed by atoms with E-state index in [4.69, 9.17) is 4.42 Å². The molecule has 0 saturated heterocycles. The van der Waals surface area contributed by atoms with Crippen LogP contribution in [0.3, 0.4) is 0 Å². The van der Waals surface area contributed by atoms with Crippen molar-refractivity contribution in [2.75, 3.05) is 0 Å². The van der Waals surface area contributed by atoms with Crippen molar-refractivity contribution < 1.29 is 4.42 Å². The molecule has 4 aromatic rings. The molecule has 0 saturated carbocycles. The first-order valence-corrected chi connectivity index (χ1v) is 10.4. The molecular weight excluding hydrogens is 376 g/mol. The van der Waals surface area contributed by atoms with Crippen LogP contribution in [0.1, 0.15) is 41.6 Å². The summed E-state index contributed by atoms with van der Waals surface area (Å²) in [6, 6.07) is 10.0. The van der Waals surface area contributed by atoms with Gasteiger partial charge in [-0.3, -0.25) is 9.36 Å². The van der Waals surface area contributed by atoms with Gasteiger partial charge in [-0.1, -0.05) is 24.6 Å². The van der Waals surface area contributed by atoms with Crippen LogP contribution in [0.5, 0.6) is 0 Å². The van der Waals surface area contributed by atoms with E-state index in [0.29, 0.717) is 35.1 Å². The number of fused-ring (bicyclic) bond motifs is 2. The van der Waals surface area contributed by atoms with Crippen molar-refractivity contribution in [1.29, 1.82) is 0 Å². The Hall–Kier alpha value is -3.28. The molecule has 1 atom stereocenters. The molecule has 1 aliphatic carbocycles. The highest BCUT2D eigenvalue weighted by Gasteiger charge is 2.19. The standard InChI is InChI=1S/C24H24N4O2/c1-14-4-7-17(8-5-14)23-27-21(16(3)30-23)12-28-13-25-22-19(24(28)29)11-18-10-15(2)6-9-20(18)26-22/h4-5,7-8,11,13,15H,6,9-10,12H2,1-3H3/t15-/m0/s1. The smallest absolute Gasteiger partial charge is 0.263 e. The Morgan fingerprint density at radius 1 is 1.17 bits per heavy atom. The fraction of sp³-hybridized carbons (Fsp3) is 0.333. The van der Waals surface area contributed by atoms with Gasteiger partial charge in [0.2, 0.25) is 5.89 Å². The van der Waals surface area contributed by atoms with E-state index in [0.717, 1.165) is 36.2 Å². The van der Waals surface area contributed by atoms with Gasteiger partial charge in [-0.25, -0.2) is 15.0 Å². The first kappa shape index (κ1) is 18.7. The van der Waals surface area contributed by atoms with E-state index in [1.807, 2.05) is 44.2 Å². The summed E-state index contributed by atoms with van der Waals surface area (Å²) >= 11 is 0. The number of hydrogen-bond acceptors (Lipinski definition) is 5. The zero-order chi connectivity index (χ0) is 20.8. The maximum atomic E-state index is 13.2. The molecule has 3 aromatic heterocycles. The van der Waals surface area contributed by atoms with Gasteiger partial charge in [-0.2, -0.15) is 0 Å². The highest BCUT2D eigenvalue weighted by Crippen LogP contribution is 2.26. The van der Waals surface area contributed by atoms with Gasteiger partial charge in [0.1, 0.15) is 17.8 Å². The van der Waals surface area contributed by atoms with Crippen LogP contribution >= 0.6 is 0 Å². The summed E-state index contributed by atoms with van der Waals surface area (Å²) < 4.78 is 7.46. The lowest BCUT2D eigenvalue weighted by molar-refractivity contribution is 0.495. The molecule has 0 unspecified atom stereocenters. The molecule has 0 radical (unpaired) electrons. The van der Waals surface area contributed by atoms with Crippen molar-refractivity contribution in [2.45, 2.75) is 46.6 Å². The molecule has 0 bridgehead atoms. The zero-order valence-corrected chi connectivity index (χ0v) is 17.5. The Morgan fingerprint density at radius 2 is 1.97 bits per heavy atom. The van der Waals surface area contributed by atoms with E-state index >= 15 is 0 Å². The summed E-state index contributed by atoms with van der Waals surface area (Å²) in [7, 11) is 0. The minimum atomic E-state index is -0.0900. The largest absolute Gasteiger partial charge is 0.441 e. The summed E-state index contributed by atoms with van der Waals surface area (Å²) in [6.45, 7) is 6.48. The molecular formula is C24H24N4O2. The monoisotopic (exact) mass is 400 g/mol. The van der Waals surface area contributed by atoms with Crippen molar-refractivity contribution in [3.8, 4) is 11.5 Å². The van der Waals surface area contributed by atoms with Crippen LogP contribution in [0.2, 0.25) is 0 Å². The number of hydrogen-bond donors (Lipinski definition) is 0. The molecule has 0 amide bonds. The Bertz CT molecular complexity index is 1300. The zero-order valence-electron chi connectivity index (χ0n) is 17.5. The van der Waals surface area contributed by atoms with Gasteiger partial charge in [0.05, 0.1) is 11.9 Å². The minimum Gasteiger partial charge on any atom is -0.441 e. The second kappa shape index (κ2) is 7.20. The number of aryl methyl sites for hydroxylation is 3. The van der Waals surface area contributed by atoms with Gasteiger partial charge < -0.3 is 4.42 Å². The van der Waals surface area contributed by atoms with Gasteiger partial charge >= 0.3 is 0 Å². The van der Waals surface area contributed by atoms with Crippen LogP contribution < -0.4 is 5.56 Å². The lowest BCUT2D eigenvalue weighted by Crippen LogP contribution is -2.23. The van der Waals surface area contributed by atoms with E-state index in [9.17, 15) is 4.79 Å². The molecule has 5 rings (SSSR count). The second-order valence-corrected chi connectivity index (χ2v) is 8.38. The Balaban J connectivity index is 1.50. The summed E-state index contributed by atoms with van der Waals surface area (Å²) in [5.74, 6) is 1.89. The highest BCUT2D eigenvalue weighted by atomic mass is 16.4. The summed E-state index contributed by atoms with van der Waals surface area (Å²) in [5.41, 5.74) is 5.53. The van der Waals surface area contributed by atoms with E-state index in [2.05, 4.69) is 21.9 Å². The Kier molecular flexibility index (Phi) is 4.50. The summed E-state index contributed by atoms with van der Waals surface area (Å²) in [4.78, 5) is 26.9. The molecule has 6 nitrogen and oxygen atoms in total. The molecule has 0 aliphatic heterocycles. The Morgan fingerprint density at radius 3 is 2.77 bits per heavy atom. The second-order valence-electron chi connectivity index (χ2n) is 8.38. The number of nitrogens with zero attached hydrogens (tertiary/aromatic N) is 4. The van der Waals surface area contributed by atoms with E-state index in [1.165, 1.54) is 11.1 Å². The average molecular weight is 400 g/mol. The molecule has 0 spiro atoms. The number of rotatable bonds is 3. The van der Waals surface area contributed by atoms with E-state index in [1.54, 1.807) is 10.9 Å². The third kappa shape index (κ3) is 3.32. The molecule has 152 valence electrons. The third-order valence-corrected chi connectivity index (χ3v) is 5.94. The lowest BCUT2D eigenvalue weighted by Gasteiger charge is -2.20. The number of oxazole rings is 1. The number of benzene rings is 1. The summed E-state index contributed by atoms with van der Waals surface area (Å²) in [5, 5.41) is 0.574. The van der Waals surface area contributed by atoms with Gasteiger partial charge in [-0.05, 0) is 62.8 Å². The Labute approximate surface area is 174 Å². The molecule has 1 aromatic carbocycles. The first-order valence-electron chi connectivity index (χ1n) is 10.4. The quantitative estimate of drug-likeness (QED) is 0.514. The van der Waals surface area contributed by atoms with Crippen LogP contribution in [0, 0.1) is 19.8 Å². The lowest BCUT2D eigenvalue weighted by atomic mass is 9.87. The molecule has 30 heavy (non-hydrogen) atoms. The SMILES string of the molecule is Cc1ccc(-c2nc(Cn3cnc4nc5c(cc4c3=O)C[C@@H](C)CC5)c(C)o2)cc1. The van der Waals surface area contributed by atoms with Crippen molar-refractivity contribution in [2.24, 2.45) is 5.92 Å². The number of pyridine rings is 1. The van der Waals surface area contributed by atoms with Gasteiger partial charge in [-0.15, -0.1) is 0 Å². The van der Waals surface area contributed by atoms with Crippen molar-refractivity contribution in [1.82, 2.24) is 19.5 Å². The van der Waals surface area contributed by atoms with E-state index < -0.39 is 0 Å². The predicted octanol–water partition coefficient (Wildman–Crippen LogP) is 4.24. The van der Waals surface area contributed by atoms with Crippen LogP contribution in [0.15, 0.2) is 45.9 Å². The number of aromatic nitrogens is 4. The third-order valence-electron chi connectivity index (χ3n) is 5.94. The highest BCUT2D eigenvalue weighted by molar-refractivity contribution is 5.74. The normalized spacial score (nSPS) is 16.0. The van der Waals surface area contributed by atoms with Crippen molar-refractivity contribution >= 4 is 11.0 Å². The van der Waals surface area contributed by atoms with Crippen LogP contribution in [-0.2, 0) is 19.4 Å². The fourth-order valence-corrected chi connectivity index (χ4v) is 4.09. The van der Waals surface area contributed by atoms with Gasteiger partial charge in [0, 0.05) is 11.3 Å². The molecule has 0 N–H and O–H groups in total. The average Bonchev–Trinajstić information content (AvgIpc) is 3.10.